The van der Waals surface area contributed by atoms with Crippen LogP contribution in [-0.4, -0.2) is 72.4 Å². The van der Waals surface area contributed by atoms with Crippen molar-refractivity contribution < 1.29 is 19.4 Å². The molecule has 1 aliphatic carbocycles. The van der Waals surface area contributed by atoms with E-state index in [9.17, 15) is 14.7 Å². The smallest absolute Gasteiger partial charge is 0.254 e. The van der Waals surface area contributed by atoms with Gasteiger partial charge >= 0.3 is 0 Å². The summed E-state index contributed by atoms with van der Waals surface area (Å²) in [6.07, 6.45) is 1.24. The van der Waals surface area contributed by atoms with Gasteiger partial charge in [-0.05, 0) is 62.1 Å². The molecule has 1 heterocycles. The van der Waals surface area contributed by atoms with E-state index in [2.05, 4.69) is 34.9 Å². The molecule has 4 rings (SSSR count). The van der Waals surface area contributed by atoms with Crippen molar-refractivity contribution in [2.45, 2.75) is 44.4 Å². The number of amides is 2. The number of nitrogens with zero attached hydrogens (tertiary/aromatic N) is 1. The molecule has 2 aromatic rings. The van der Waals surface area contributed by atoms with Crippen LogP contribution < -0.4 is 10.6 Å². The van der Waals surface area contributed by atoms with E-state index in [1.807, 2.05) is 18.7 Å². The van der Waals surface area contributed by atoms with Gasteiger partial charge < -0.3 is 25.4 Å². The molecular formula is C26H33N3O4. The monoisotopic (exact) mass is 451 g/mol. The molecule has 2 amide bonds. The summed E-state index contributed by atoms with van der Waals surface area (Å²) in [4.78, 5) is 27.2. The van der Waals surface area contributed by atoms with Crippen LogP contribution in [-0.2, 0) is 17.6 Å². The van der Waals surface area contributed by atoms with Crippen molar-refractivity contribution in [1.82, 2.24) is 15.5 Å². The predicted octanol–water partition coefficient (Wildman–Crippen LogP) is 1.79. The number of aliphatic hydroxyl groups excluding tert-OH is 1. The van der Waals surface area contributed by atoms with Gasteiger partial charge in [-0.3, -0.25) is 9.59 Å². The zero-order valence-electron chi connectivity index (χ0n) is 19.3. The van der Waals surface area contributed by atoms with Crippen molar-refractivity contribution in [2.24, 2.45) is 0 Å². The molecule has 2 aliphatic rings. The highest BCUT2D eigenvalue weighted by molar-refractivity contribution is 5.98. The lowest BCUT2D eigenvalue weighted by Crippen LogP contribution is -2.55. The largest absolute Gasteiger partial charge is 0.390 e. The number of ether oxygens (including phenoxy) is 1. The molecule has 7 nitrogen and oxygen atoms in total. The number of nitrogens with one attached hydrogen (secondary N) is 2. The van der Waals surface area contributed by atoms with E-state index in [1.165, 1.54) is 11.1 Å². The standard InChI is InChI=1S/C26H33N3O4/c1-26(2)17-33-12-11-29(26)25(32)19-9-7-18(8-10-19)24(31)28-16-23(30)15-27-22-13-20-5-3-4-6-21(20)14-22/h3-10,22-23,27,30H,11-17H2,1-2H3,(H,28,31)/t23-/m0/s1. The highest BCUT2D eigenvalue weighted by Gasteiger charge is 2.34. The molecule has 1 fully saturated rings. The molecular weight excluding hydrogens is 418 g/mol. The van der Waals surface area contributed by atoms with Gasteiger partial charge in [0.15, 0.2) is 0 Å². The fourth-order valence-electron chi connectivity index (χ4n) is 4.55. The minimum atomic E-state index is -0.679. The highest BCUT2D eigenvalue weighted by Crippen LogP contribution is 2.22. The predicted molar refractivity (Wildman–Crippen MR) is 126 cm³/mol. The summed E-state index contributed by atoms with van der Waals surface area (Å²) in [6, 6.07) is 15.4. The quantitative estimate of drug-likeness (QED) is 0.597. The average Bonchev–Trinajstić information content (AvgIpc) is 3.24. The van der Waals surface area contributed by atoms with Gasteiger partial charge in [0.05, 0.1) is 24.9 Å². The van der Waals surface area contributed by atoms with Crippen LogP contribution in [0, 0.1) is 0 Å². The van der Waals surface area contributed by atoms with Gasteiger partial charge in [-0.25, -0.2) is 0 Å². The van der Waals surface area contributed by atoms with Crippen molar-refractivity contribution in [3.63, 3.8) is 0 Å². The summed E-state index contributed by atoms with van der Waals surface area (Å²) in [5.74, 6) is -0.334. The Kier molecular flexibility index (Phi) is 7.12. The van der Waals surface area contributed by atoms with Crippen molar-refractivity contribution in [2.75, 3.05) is 32.8 Å². The Labute approximate surface area is 195 Å². The fourth-order valence-corrected chi connectivity index (χ4v) is 4.55. The Morgan fingerprint density at radius 1 is 1.06 bits per heavy atom. The maximum atomic E-state index is 12.9. The molecule has 3 N–H and O–H groups in total. The Morgan fingerprint density at radius 2 is 1.70 bits per heavy atom. The Balaban J connectivity index is 1.23. The van der Waals surface area contributed by atoms with Crippen molar-refractivity contribution in [3.8, 4) is 0 Å². The summed E-state index contributed by atoms with van der Waals surface area (Å²) in [7, 11) is 0. The van der Waals surface area contributed by atoms with Crippen LogP contribution in [0.1, 0.15) is 45.7 Å². The summed E-state index contributed by atoms with van der Waals surface area (Å²) >= 11 is 0. The number of fused-ring (bicyclic) bond motifs is 1. The topological polar surface area (TPSA) is 90.9 Å². The third-order valence-corrected chi connectivity index (χ3v) is 6.48. The number of morpholine rings is 1. The van der Waals surface area contributed by atoms with Crippen LogP contribution >= 0.6 is 0 Å². The number of hydrogen-bond acceptors (Lipinski definition) is 5. The van der Waals surface area contributed by atoms with Crippen LogP contribution in [0.5, 0.6) is 0 Å². The highest BCUT2D eigenvalue weighted by atomic mass is 16.5. The zero-order chi connectivity index (χ0) is 23.4. The SMILES string of the molecule is CC1(C)COCCN1C(=O)c1ccc(C(=O)NC[C@@H](O)CNC2Cc3ccccc3C2)cc1. The van der Waals surface area contributed by atoms with Gasteiger partial charge in [0.1, 0.15) is 0 Å². The first-order valence-electron chi connectivity index (χ1n) is 11.6. The van der Waals surface area contributed by atoms with E-state index >= 15 is 0 Å². The van der Waals surface area contributed by atoms with Crippen LogP contribution in [0.15, 0.2) is 48.5 Å². The molecule has 0 spiro atoms. The van der Waals surface area contributed by atoms with Crippen LogP contribution in [0.3, 0.4) is 0 Å². The van der Waals surface area contributed by atoms with E-state index in [0.717, 1.165) is 12.8 Å². The molecule has 0 radical (unpaired) electrons. The third kappa shape index (κ3) is 5.61. The first kappa shape index (κ1) is 23.4. The fraction of sp³-hybridized carbons (Fsp3) is 0.462. The average molecular weight is 452 g/mol. The molecule has 0 unspecified atom stereocenters. The Morgan fingerprint density at radius 3 is 2.33 bits per heavy atom. The number of benzene rings is 2. The summed E-state index contributed by atoms with van der Waals surface area (Å²) in [5, 5.41) is 16.5. The molecule has 33 heavy (non-hydrogen) atoms. The number of aliphatic hydroxyl groups is 1. The lowest BCUT2D eigenvalue weighted by molar-refractivity contribution is -0.0370. The lowest BCUT2D eigenvalue weighted by atomic mass is 10.0. The van der Waals surface area contributed by atoms with Gasteiger partial charge in [-0.1, -0.05) is 24.3 Å². The molecule has 0 aromatic heterocycles. The van der Waals surface area contributed by atoms with E-state index in [0.29, 0.717) is 43.5 Å². The molecule has 0 bridgehead atoms. The maximum absolute atomic E-state index is 12.9. The second-order valence-electron chi connectivity index (χ2n) is 9.55. The molecule has 2 aromatic carbocycles. The second-order valence-corrected chi connectivity index (χ2v) is 9.55. The second kappa shape index (κ2) is 10.0. The van der Waals surface area contributed by atoms with E-state index in [4.69, 9.17) is 4.74 Å². The van der Waals surface area contributed by atoms with E-state index in [1.54, 1.807) is 24.3 Å². The van der Waals surface area contributed by atoms with Crippen LogP contribution in [0.4, 0.5) is 0 Å². The van der Waals surface area contributed by atoms with E-state index < -0.39 is 6.10 Å². The van der Waals surface area contributed by atoms with Crippen molar-refractivity contribution in [1.29, 1.82) is 0 Å². The molecule has 1 aliphatic heterocycles. The van der Waals surface area contributed by atoms with Gasteiger partial charge in [-0.15, -0.1) is 0 Å². The number of rotatable bonds is 7. The normalized spacial score (nSPS) is 18.6. The summed E-state index contributed by atoms with van der Waals surface area (Å²) in [6.45, 7) is 6.13. The molecule has 176 valence electrons. The van der Waals surface area contributed by atoms with Crippen molar-refractivity contribution >= 4 is 11.8 Å². The van der Waals surface area contributed by atoms with Crippen LogP contribution in [0.2, 0.25) is 0 Å². The number of carbonyl (C=O) groups excluding carboxylic acids is 2. The number of carbonyl (C=O) groups is 2. The van der Waals surface area contributed by atoms with E-state index in [-0.39, 0.29) is 23.9 Å². The lowest BCUT2D eigenvalue weighted by Gasteiger charge is -2.42. The third-order valence-electron chi connectivity index (χ3n) is 6.48. The van der Waals surface area contributed by atoms with Gasteiger partial charge in [0.2, 0.25) is 0 Å². The Bertz CT molecular complexity index is 964. The van der Waals surface area contributed by atoms with Gasteiger partial charge in [0, 0.05) is 36.8 Å². The minimum absolute atomic E-state index is 0.0641. The first-order chi connectivity index (χ1) is 15.8. The number of hydrogen-bond donors (Lipinski definition) is 3. The summed E-state index contributed by atoms with van der Waals surface area (Å²) < 4.78 is 5.49. The first-order valence-corrected chi connectivity index (χ1v) is 11.6. The molecule has 0 saturated carbocycles. The Hall–Kier alpha value is -2.74. The van der Waals surface area contributed by atoms with Gasteiger partial charge in [0.25, 0.3) is 11.8 Å². The van der Waals surface area contributed by atoms with Crippen molar-refractivity contribution in [3.05, 3.63) is 70.8 Å². The van der Waals surface area contributed by atoms with Crippen LogP contribution in [0.25, 0.3) is 0 Å². The summed E-state index contributed by atoms with van der Waals surface area (Å²) in [5.41, 5.74) is 3.35. The molecule has 1 saturated heterocycles. The molecule has 1 atom stereocenters. The minimum Gasteiger partial charge on any atom is -0.390 e. The van der Waals surface area contributed by atoms with Gasteiger partial charge in [-0.2, -0.15) is 0 Å². The zero-order valence-corrected chi connectivity index (χ0v) is 19.3. The maximum Gasteiger partial charge on any atom is 0.254 e. The molecule has 7 heteroatoms.